The molecule has 2 aliphatic heterocycles. The Hall–Kier alpha value is -1.84. The molecule has 1 aromatic rings. The van der Waals surface area contributed by atoms with Gasteiger partial charge in [0.1, 0.15) is 0 Å². The lowest BCUT2D eigenvalue weighted by atomic mass is 10.1. The number of nitrogens with zero attached hydrogens (tertiary/aromatic N) is 1. The molecule has 4 heteroatoms. The Bertz CT molecular complexity index is 515. The molecule has 2 atom stereocenters. The zero-order valence-electron chi connectivity index (χ0n) is 10.6. The topological polar surface area (TPSA) is 29.5 Å². The smallest absolute Gasteiger partial charge is 0.261 e. The van der Waals surface area contributed by atoms with E-state index in [1.54, 1.807) is 12.1 Å². The molecule has 2 heterocycles. The Kier molecular flexibility index (Phi) is 3.23. The standard InChI is InChI=1S/C15H16FNO2/c16-13-6-1-2-7-14(13)19-10-15(18)17-11-4-3-5-12(17)9-8-11/h1-4,6-7,11-12H,5,8-10H2/t11-,12-/m0/s1. The van der Waals surface area contributed by atoms with E-state index < -0.39 is 5.82 Å². The van der Waals surface area contributed by atoms with Crippen LogP contribution in [0.1, 0.15) is 19.3 Å². The lowest BCUT2D eigenvalue weighted by molar-refractivity contribution is -0.135. The molecule has 0 saturated carbocycles. The number of carbonyl (C=O) groups is 1. The van der Waals surface area contributed by atoms with Gasteiger partial charge >= 0.3 is 0 Å². The second-order valence-electron chi connectivity index (χ2n) is 4.98. The number of rotatable bonds is 3. The third kappa shape index (κ3) is 2.35. The van der Waals surface area contributed by atoms with Crippen LogP contribution in [0.2, 0.25) is 0 Å². The largest absolute Gasteiger partial charge is 0.481 e. The normalized spacial score (nSPS) is 24.6. The highest BCUT2D eigenvalue weighted by Crippen LogP contribution is 2.31. The summed E-state index contributed by atoms with van der Waals surface area (Å²) in [6, 6.07) is 6.65. The average Bonchev–Trinajstić information content (AvgIpc) is 2.67. The van der Waals surface area contributed by atoms with Crippen LogP contribution in [0.3, 0.4) is 0 Å². The fourth-order valence-corrected chi connectivity index (χ4v) is 2.89. The molecule has 3 rings (SSSR count). The first kappa shape index (κ1) is 12.2. The van der Waals surface area contributed by atoms with E-state index in [-0.39, 0.29) is 24.3 Å². The van der Waals surface area contributed by atoms with Gasteiger partial charge in [-0.25, -0.2) is 4.39 Å². The van der Waals surface area contributed by atoms with Gasteiger partial charge in [-0.15, -0.1) is 0 Å². The predicted octanol–water partition coefficient (Wildman–Crippen LogP) is 2.52. The second kappa shape index (κ2) is 5.03. The summed E-state index contributed by atoms with van der Waals surface area (Å²) in [4.78, 5) is 14.1. The van der Waals surface area contributed by atoms with Crippen LogP contribution in [0.15, 0.2) is 36.4 Å². The number of hydrogen-bond acceptors (Lipinski definition) is 2. The van der Waals surface area contributed by atoms with Crippen molar-refractivity contribution in [3.05, 3.63) is 42.2 Å². The number of ether oxygens (including phenoxy) is 1. The van der Waals surface area contributed by atoms with Crippen LogP contribution in [0.25, 0.3) is 0 Å². The molecular formula is C15H16FNO2. The Morgan fingerprint density at radius 2 is 2.21 bits per heavy atom. The minimum absolute atomic E-state index is 0.0555. The van der Waals surface area contributed by atoms with Gasteiger partial charge in [-0.05, 0) is 31.4 Å². The van der Waals surface area contributed by atoms with Crippen LogP contribution in [0, 0.1) is 5.82 Å². The Labute approximate surface area is 111 Å². The SMILES string of the molecule is O=C(COc1ccccc1F)N1[C@H]2CC=C[C@H]1CC2. The van der Waals surface area contributed by atoms with E-state index in [9.17, 15) is 9.18 Å². The number of benzene rings is 1. The monoisotopic (exact) mass is 261 g/mol. The van der Waals surface area contributed by atoms with E-state index in [2.05, 4.69) is 12.2 Å². The molecular weight excluding hydrogens is 245 g/mol. The molecule has 1 amide bonds. The van der Waals surface area contributed by atoms with E-state index in [0.29, 0.717) is 6.04 Å². The van der Waals surface area contributed by atoms with Gasteiger partial charge in [-0.2, -0.15) is 0 Å². The molecule has 2 bridgehead atoms. The summed E-state index contributed by atoms with van der Waals surface area (Å²) < 4.78 is 18.7. The van der Waals surface area contributed by atoms with Crippen molar-refractivity contribution < 1.29 is 13.9 Å². The molecule has 0 aromatic heterocycles. The molecule has 19 heavy (non-hydrogen) atoms. The van der Waals surface area contributed by atoms with Crippen molar-refractivity contribution in [3.63, 3.8) is 0 Å². The van der Waals surface area contributed by atoms with Crippen molar-refractivity contribution in [3.8, 4) is 5.75 Å². The minimum Gasteiger partial charge on any atom is -0.481 e. The summed E-state index contributed by atoms with van der Waals surface area (Å²) in [5, 5.41) is 0. The van der Waals surface area contributed by atoms with Crippen LogP contribution < -0.4 is 4.74 Å². The van der Waals surface area contributed by atoms with Gasteiger partial charge in [0.25, 0.3) is 5.91 Å². The average molecular weight is 261 g/mol. The number of fused-ring (bicyclic) bond motifs is 2. The molecule has 0 spiro atoms. The predicted molar refractivity (Wildman–Crippen MR) is 69.3 cm³/mol. The zero-order chi connectivity index (χ0) is 13.2. The van der Waals surface area contributed by atoms with E-state index in [1.807, 2.05) is 4.90 Å². The van der Waals surface area contributed by atoms with Crippen molar-refractivity contribution in [2.45, 2.75) is 31.3 Å². The van der Waals surface area contributed by atoms with Crippen LogP contribution >= 0.6 is 0 Å². The third-order valence-electron chi connectivity index (χ3n) is 3.79. The molecule has 1 aromatic carbocycles. The lowest BCUT2D eigenvalue weighted by Gasteiger charge is -2.31. The first-order chi connectivity index (χ1) is 9.25. The summed E-state index contributed by atoms with van der Waals surface area (Å²) in [6.07, 6.45) is 7.21. The highest BCUT2D eigenvalue weighted by atomic mass is 19.1. The number of carbonyl (C=O) groups excluding carboxylic acids is 1. The number of amides is 1. The quantitative estimate of drug-likeness (QED) is 0.782. The highest BCUT2D eigenvalue weighted by molar-refractivity contribution is 5.79. The van der Waals surface area contributed by atoms with Crippen molar-refractivity contribution in [1.82, 2.24) is 4.90 Å². The van der Waals surface area contributed by atoms with Gasteiger partial charge in [0.2, 0.25) is 0 Å². The lowest BCUT2D eigenvalue weighted by Crippen LogP contribution is -2.44. The Balaban J connectivity index is 1.63. The Morgan fingerprint density at radius 3 is 3.00 bits per heavy atom. The molecule has 3 nitrogen and oxygen atoms in total. The van der Waals surface area contributed by atoms with Gasteiger partial charge in [0.05, 0.1) is 6.04 Å². The molecule has 100 valence electrons. The third-order valence-corrected chi connectivity index (χ3v) is 3.79. The number of hydrogen-bond donors (Lipinski definition) is 0. The van der Waals surface area contributed by atoms with Crippen molar-refractivity contribution in [2.24, 2.45) is 0 Å². The summed E-state index contributed by atoms with van der Waals surface area (Å²) in [5.41, 5.74) is 0. The van der Waals surface area contributed by atoms with Gasteiger partial charge in [0, 0.05) is 6.04 Å². The first-order valence-electron chi connectivity index (χ1n) is 6.61. The van der Waals surface area contributed by atoms with Crippen LogP contribution in [-0.2, 0) is 4.79 Å². The zero-order valence-corrected chi connectivity index (χ0v) is 10.6. The molecule has 2 aliphatic rings. The molecule has 1 saturated heterocycles. The number of halogens is 1. The fraction of sp³-hybridized carbons (Fsp3) is 0.400. The van der Waals surface area contributed by atoms with E-state index >= 15 is 0 Å². The fourth-order valence-electron chi connectivity index (χ4n) is 2.89. The summed E-state index contributed by atoms with van der Waals surface area (Å²) in [7, 11) is 0. The maximum atomic E-state index is 13.4. The second-order valence-corrected chi connectivity index (χ2v) is 4.98. The molecule has 0 N–H and O–H groups in total. The highest BCUT2D eigenvalue weighted by Gasteiger charge is 2.37. The van der Waals surface area contributed by atoms with Crippen molar-refractivity contribution in [2.75, 3.05) is 6.61 Å². The van der Waals surface area contributed by atoms with Crippen LogP contribution in [0.5, 0.6) is 5.75 Å². The Morgan fingerprint density at radius 1 is 1.37 bits per heavy atom. The van der Waals surface area contributed by atoms with E-state index in [1.165, 1.54) is 12.1 Å². The maximum absolute atomic E-state index is 13.4. The van der Waals surface area contributed by atoms with Crippen LogP contribution in [0.4, 0.5) is 4.39 Å². The first-order valence-corrected chi connectivity index (χ1v) is 6.61. The molecule has 0 aliphatic carbocycles. The molecule has 1 fully saturated rings. The summed E-state index contributed by atoms with van der Waals surface area (Å²) in [5.74, 6) is -0.354. The van der Waals surface area contributed by atoms with Gasteiger partial charge in [0.15, 0.2) is 18.2 Å². The van der Waals surface area contributed by atoms with E-state index in [0.717, 1.165) is 19.3 Å². The van der Waals surface area contributed by atoms with E-state index in [4.69, 9.17) is 4.74 Å². The molecule has 0 radical (unpaired) electrons. The van der Waals surface area contributed by atoms with Crippen LogP contribution in [-0.4, -0.2) is 29.5 Å². The maximum Gasteiger partial charge on any atom is 0.261 e. The van der Waals surface area contributed by atoms with Crippen molar-refractivity contribution in [1.29, 1.82) is 0 Å². The van der Waals surface area contributed by atoms with Gasteiger partial charge in [-0.1, -0.05) is 24.3 Å². The minimum atomic E-state index is -0.434. The van der Waals surface area contributed by atoms with Gasteiger partial charge < -0.3 is 9.64 Å². The number of para-hydroxylation sites is 1. The summed E-state index contributed by atoms with van der Waals surface area (Å²) in [6.45, 7) is -0.0955. The molecule has 0 unspecified atom stereocenters. The van der Waals surface area contributed by atoms with Crippen molar-refractivity contribution >= 4 is 5.91 Å². The van der Waals surface area contributed by atoms with Gasteiger partial charge in [-0.3, -0.25) is 4.79 Å². The summed E-state index contributed by atoms with van der Waals surface area (Å²) >= 11 is 0.